The molecule has 8 heteroatoms. The first-order valence-electron chi connectivity index (χ1n) is 7.40. The second-order valence-corrected chi connectivity index (χ2v) is 7.56. The molecular formula is C17H17ClN2O4S. The van der Waals surface area contributed by atoms with E-state index in [2.05, 4.69) is 10.0 Å². The third-order valence-corrected chi connectivity index (χ3v) is 4.97. The molecule has 0 aliphatic heterocycles. The number of Topliss-reactive ketones (excluding diaryl/α,β-unsaturated/α-hetero) is 1. The third-order valence-electron chi connectivity index (χ3n) is 3.30. The van der Waals surface area contributed by atoms with E-state index in [0.717, 1.165) is 0 Å². The van der Waals surface area contributed by atoms with Crippen LogP contribution in [0.25, 0.3) is 0 Å². The first-order valence-corrected chi connectivity index (χ1v) is 9.26. The highest BCUT2D eigenvalue weighted by Crippen LogP contribution is 2.14. The van der Waals surface area contributed by atoms with Gasteiger partial charge < -0.3 is 5.32 Å². The molecule has 2 N–H and O–H groups in total. The Hall–Kier alpha value is -2.22. The molecule has 0 spiro atoms. The van der Waals surface area contributed by atoms with Gasteiger partial charge in [0.25, 0.3) is 5.91 Å². The fraction of sp³-hybridized carbons (Fsp3) is 0.176. The molecule has 0 aromatic heterocycles. The summed E-state index contributed by atoms with van der Waals surface area (Å²) in [6.45, 7) is 1.44. The van der Waals surface area contributed by atoms with Crippen LogP contribution in [0.2, 0.25) is 5.02 Å². The number of benzene rings is 2. The van der Waals surface area contributed by atoms with E-state index in [0.29, 0.717) is 16.1 Å². The number of rotatable bonds is 7. The Morgan fingerprint density at radius 3 is 2.16 bits per heavy atom. The van der Waals surface area contributed by atoms with Gasteiger partial charge in [-0.1, -0.05) is 23.7 Å². The summed E-state index contributed by atoms with van der Waals surface area (Å²) in [6, 6.07) is 12.3. The topological polar surface area (TPSA) is 92.3 Å². The van der Waals surface area contributed by atoms with Crippen molar-refractivity contribution in [2.75, 3.05) is 6.54 Å². The van der Waals surface area contributed by atoms with Crippen molar-refractivity contribution in [2.45, 2.75) is 18.4 Å². The van der Waals surface area contributed by atoms with Crippen molar-refractivity contribution in [3.8, 4) is 0 Å². The van der Waals surface area contributed by atoms with Crippen molar-refractivity contribution in [3.05, 3.63) is 64.7 Å². The monoisotopic (exact) mass is 380 g/mol. The average Bonchev–Trinajstić information content (AvgIpc) is 2.59. The van der Waals surface area contributed by atoms with Crippen molar-refractivity contribution in [3.63, 3.8) is 0 Å². The first kappa shape index (κ1) is 19.1. The van der Waals surface area contributed by atoms with Gasteiger partial charge in [-0.2, -0.15) is 0 Å². The van der Waals surface area contributed by atoms with E-state index in [4.69, 9.17) is 11.6 Å². The lowest BCUT2D eigenvalue weighted by molar-refractivity contribution is -0.116. The number of carbonyl (C=O) groups is 2. The molecule has 0 unspecified atom stereocenters. The summed E-state index contributed by atoms with van der Waals surface area (Å²) >= 11 is 5.75. The zero-order valence-electron chi connectivity index (χ0n) is 13.5. The van der Waals surface area contributed by atoms with Crippen molar-refractivity contribution < 1.29 is 18.0 Å². The SMILES string of the molecule is CC(=O)CNC(=O)c1ccc(CNS(=O)(=O)c2ccc(Cl)cc2)cc1. The maximum atomic E-state index is 12.2. The Morgan fingerprint density at radius 2 is 1.60 bits per heavy atom. The van der Waals surface area contributed by atoms with Crippen molar-refractivity contribution in [1.29, 1.82) is 0 Å². The van der Waals surface area contributed by atoms with Crippen LogP contribution < -0.4 is 10.0 Å². The molecule has 6 nitrogen and oxygen atoms in total. The van der Waals surface area contributed by atoms with Crippen LogP contribution in [0.3, 0.4) is 0 Å². The van der Waals surface area contributed by atoms with Crippen molar-refractivity contribution >= 4 is 33.3 Å². The van der Waals surface area contributed by atoms with E-state index in [9.17, 15) is 18.0 Å². The number of amides is 1. The maximum absolute atomic E-state index is 12.2. The van der Waals surface area contributed by atoms with Crippen LogP contribution in [0, 0.1) is 0 Å². The van der Waals surface area contributed by atoms with E-state index in [1.807, 2.05) is 0 Å². The van der Waals surface area contributed by atoms with Gasteiger partial charge in [-0.25, -0.2) is 13.1 Å². The summed E-state index contributed by atoms with van der Waals surface area (Å²) < 4.78 is 26.9. The molecule has 0 atom stereocenters. The Morgan fingerprint density at radius 1 is 1.00 bits per heavy atom. The Bertz CT molecular complexity index is 863. The van der Waals surface area contributed by atoms with E-state index >= 15 is 0 Å². The smallest absolute Gasteiger partial charge is 0.251 e. The van der Waals surface area contributed by atoms with Gasteiger partial charge in [-0.3, -0.25) is 9.59 Å². The standard InChI is InChI=1S/C17H17ClN2O4S/c1-12(21)10-19-17(22)14-4-2-13(3-5-14)11-20-25(23,24)16-8-6-15(18)7-9-16/h2-9,20H,10-11H2,1H3,(H,19,22). The second-order valence-electron chi connectivity index (χ2n) is 5.36. The Balaban J connectivity index is 1.98. The number of hydrogen-bond acceptors (Lipinski definition) is 4. The fourth-order valence-electron chi connectivity index (χ4n) is 1.96. The summed E-state index contributed by atoms with van der Waals surface area (Å²) in [7, 11) is -3.65. The molecule has 2 rings (SSSR count). The van der Waals surface area contributed by atoms with Gasteiger partial charge in [0.15, 0.2) is 0 Å². The van der Waals surface area contributed by atoms with E-state index < -0.39 is 10.0 Å². The normalized spacial score (nSPS) is 11.1. The molecule has 0 aliphatic carbocycles. The minimum atomic E-state index is -3.65. The second kappa shape index (κ2) is 8.24. The van der Waals surface area contributed by atoms with Gasteiger partial charge in [0.05, 0.1) is 11.4 Å². The zero-order valence-corrected chi connectivity index (χ0v) is 15.0. The highest BCUT2D eigenvalue weighted by molar-refractivity contribution is 7.89. The van der Waals surface area contributed by atoms with Gasteiger partial charge in [-0.15, -0.1) is 0 Å². The average molecular weight is 381 g/mol. The molecule has 0 radical (unpaired) electrons. The van der Waals surface area contributed by atoms with Crippen LogP contribution in [0.1, 0.15) is 22.8 Å². The number of sulfonamides is 1. The van der Waals surface area contributed by atoms with E-state index in [1.165, 1.54) is 31.2 Å². The quantitative estimate of drug-likeness (QED) is 0.769. The lowest BCUT2D eigenvalue weighted by atomic mass is 10.1. The Kier molecular flexibility index (Phi) is 6.30. The summed E-state index contributed by atoms with van der Waals surface area (Å²) in [5.41, 5.74) is 1.09. The zero-order chi connectivity index (χ0) is 18.4. The maximum Gasteiger partial charge on any atom is 0.251 e. The predicted octanol–water partition coefficient (Wildman–Crippen LogP) is 2.14. The molecule has 25 heavy (non-hydrogen) atoms. The molecule has 2 aromatic carbocycles. The van der Waals surface area contributed by atoms with Crippen LogP contribution in [0.15, 0.2) is 53.4 Å². The molecular weight excluding hydrogens is 364 g/mol. The number of carbonyl (C=O) groups excluding carboxylic acids is 2. The van der Waals surface area contributed by atoms with Crippen molar-refractivity contribution in [1.82, 2.24) is 10.0 Å². The fourth-order valence-corrected chi connectivity index (χ4v) is 3.10. The number of halogens is 1. The van der Waals surface area contributed by atoms with Gasteiger partial charge in [0.2, 0.25) is 10.0 Å². The molecule has 2 aromatic rings. The summed E-state index contributed by atoms with van der Waals surface area (Å²) in [6.07, 6.45) is 0. The lowest BCUT2D eigenvalue weighted by Gasteiger charge is -2.08. The van der Waals surface area contributed by atoms with Crippen LogP contribution in [-0.4, -0.2) is 26.7 Å². The molecule has 1 amide bonds. The van der Waals surface area contributed by atoms with Gasteiger partial charge in [-0.05, 0) is 48.9 Å². The first-order chi connectivity index (χ1) is 11.8. The highest BCUT2D eigenvalue weighted by atomic mass is 35.5. The molecule has 0 saturated heterocycles. The lowest BCUT2D eigenvalue weighted by Crippen LogP contribution is -2.28. The molecule has 0 heterocycles. The molecule has 0 aliphatic rings. The van der Waals surface area contributed by atoms with E-state index in [-0.39, 0.29) is 29.7 Å². The van der Waals surface area contributed by atoms with Gasteiger partial charge >= 0.3 is 0 Å². The minimum Gasteiger partial charge on any atom is -0.345 e. The van der Waals surface area contributed by atoms with Crippen LogP contribution in [-0.2, 0) is 21.4 Å². The molecule has 132 valence electrons. The number of nitrogens with one attached hydrogen (secondary N) is 2. The van der Waals surface area contributed by atoms with Crippen LogP contribution >= 0.6 is 11.6 Å². The molecule has 0 bridgehead atoms. The van der Waals surface area contributed by atoms with Gasteiger partial charge in [0.1, 0.15) is 5.78 Å². The largest absolute Gasteiger partial charge is 0.345 e. The predicted molar refractivity (Wildman–Crippen MR) is 94.9 cm³/mol. The van der Waals surface area contributed by atoms with Crippen LogP contribution in [0.4, 0.5) is 0 Å². The third kappa shape index (κ3) is 5.67. The number of hydrogen-bond donors (Lipinski definition) is 2. The summed E-state index contributed by atoms with van der Waals surface area (Å²) in [5, 5.41) is 2.95. The van der Waals surface area contributed by atoms with Crippen molar-refractivity contribution in [2.24, 2.45) is 0 Å². The number of ketones is 1. The minimum absolute atomic E-state index is 0.0263. The van der Waals surface area contributed by atoms with E-state index in [1.54, 1.807) is 24.3 Å². The highest BCUT2D eigenvalue weighted by Gasteiger charge is 2.13. The Labute approximate surface area is 151 Å². The van der Waals surface area contributed by atoms with Gasteiger partial charge in [0, 0.05) is 17.1 Å². The summed E-state index contributed by atoms with van der Waals surface area (Å²) in [5.74, 6) is -0.495. The van der Waals surface area contributed by atoms with Crippen LogP contribution in [0.5, 0.6) is 0 Å². The summed E-state index contributed by atoms with van der Waals surface area (Å²) in [4.78, 5) is 22.8. The molecule has 0 saturated carbocycles. The molecule has 0 fully saturated rings.